The highest BCUT2D eigenvalue weighted by atomic mass is 16.5. The van der Waals surface area contributed by atoms with E-state index in [4.69, 9.17) is 9.47 Å². The van der Waals surface area contributed by atoms with Gasteiger partial charge in [0.2, 0.25) is 0 Å². The number of hydrogen-bond donors (Lipinski definition) is 1. The molecule has 1 aromatic heterocycles. The number of ether oxygens (including phenoxy) is 2. The Kier molecular flexibility index (Phi) is 3.76. The third-order valence-corrected chi connectivity index (χ3v) is 3.84. The summed E-state index contributed by atoms with van der Waals surface area (Å²) in [5.41, 5.74) is 0.150. The van der Waals surface area contributed by atoms with E-state index in [9.17, 15) is 0 Å². The number of nitrogens with zero attached hydrogens (tertiary/aromatic N) is 1. The lowest BCUT2D eigenvalue weighted by atomic mass is 9.64. The molecule has 100 valence electrons. The maximum atomic E-state index is 5.72. The average molecular weight is 250 g/mol. The van der Waals surface area contributed by atoms with E-state index in [-0.39, 0.29) is 5.41 Å². The van der Waals surface area contributed by atoms with Gasteiger partial charge in [-0.3, -0.25) is 0 Å². The van der Waals surface area contributed by atoms with E-state index < -0.39 is 0 Å². The number of rotatable bonds is 5. The second-order valence-corrected chi connectivity index (χ2v) is 5.28. The van der Waals surface area contributed by atoms with Crippen molar-refractivity contribution in [3.8, 4) is 5.75 Å². The molecule has 2 unspecified atom stereocenters. The lowest BCUT2D eigenvalue weighted by molar-refractivity contribution is -0.0976. The molecule has 0 saturated heterocycles. The summed E-state index contributed by atoms with van der Waals surface area (Å²) in [6.45, 7) is 7.29. The first-order chi connectivity index (χ1) is 8.57. The van der Waals surface area contributed by atoms with Gasteiger partial charge in [-0.05, 0) is 25.5 Å². The van der Waals surface area contributed by atoms with Crippen LogP contribution >= 0.6 is 0 Å². The Morgan fingerprint density at radius 1 is 1.44 bits per heavy atom. The van der Waals surface area contributed by atoms with Gasteiger partial charge in [0.1, 0.15) is 11.6 Å². The van der Waals surface area contributed by atoms with Crippen molar-refractivity contribution in [1.82, 2.24) is 4.98 Å². The molecule has 0 aromatic carbocycles. The van der Waals surface area contributed by atoms with Crippen LogP contribution in [0, 0.1) is 5.41 Å². The summed E-state index contributed by atoms with van der Waals surface area (Å²) in [5.74, 6) is 1.67. The Morgan fingerprint density at radius 3 is 2.72 bits per heavy atom. The molecule has 0 amide bonds. The highest BCUT2D eigenvalue weighted by Gasteiger charge is 2.48. The van der Waals surface area contributed by atoms with Crippen LogP contribution in [0.25, 0.3) is 0 Å². The van der Waals surface area contributed by atoms with Gasteiger partial charge in [0, 0.05) is 18.1 Å². The van der Waals surface area contributed by atoms with Crippen LogP contribution in [0.1, 0.15) is 27.2 Å². The summed E-state index contributed by atoms with van der Waals surface area (Å²) in [5, 5.41) is 3.46. The molecule has 0 aliphatic heterocycles. The fourth-order valence-electron chi connectivity index (χ4n) is 2.38. The smallest absolute Gasteiger partial charge is 0.137 e. The monoisotopic (exact) mass is 250 g/mol. The standard InChI is InChI=1S/C14H22N2O2/c1-5-18-12-8-11(14(12,2)3)16-13-7-6-10(17-4)9-15-13/h6-7,9,11-12H,5,8H2,1-4H3,(H,15,16). The Labute approximate surface area is 109 Å². The second kappa shape index (κ2) is 5.14. The SMILES string of the molecule is CCOC1CC(Nc2ccc(OC)cn2)C1(C)C. The number of methoxy groups -OCH3 is 1. The van der Waals surface area contributed by atoms with E-state index in [0.29, 0.717) is 12.1 Å². The van der Waals surface area contributed by atoms with Gasteiger partial charge in [0.25, 0.3) is 0 Å². The predicted molar refractivity (Wildman–Crippen MR) is 72.0 cm³/mol. The van der Waals surface area contributed by atoms with Crippen LogP contribution in [-0.2, 0) is 4.74 Å². The third-order valence-electron chi connectivity index (χ3n) is 3.84. The van der Waals surface area contributed by atoms with Crippen molar-refractivity contribution in [1.29, 1.82) is 0 Å². The molecule has 2 atom stereocenters. The lowest BCUT2D eigenvalue weighted by Crippen LogP contribution is -2.58. The predicted octanol–water partition coefficient (Wildman–Crippen LogP) is 2.71. The van der Waals surface area contributed by atoms with Crippen LogP contribution in [0.3, 0.4) is 0 Å². The van der Waals surface area contributed by atoms with Gasteiger partial charge in [-0.25, -0.2) is 4.98 Å². The molecule has 1 fully saturated rings. The molecule has 0 radical (unpaired) electrons. The van der Waals surface area contributed by atoms with Gasteiger partial charge in [0.15, 0.2) is 0 Å². The molecule has 18 heavy (non-hydrogen) atoms. The van der Waals surface area contributed by atoms with E-state index in [1.54, 1.807) is 13.3 Å². The molecule has 1 N–H and O–H groups in total. The number of nitrogens with one attached hydrogen (secondary N) is 1. The first-order valence-corrected chi connectivity index (χ1v) is 6.46. The Hall–Kier alpha value is -1.29. The van der Waals surface area contributed by atoms with Crippen LogP contribution in [0.2, 0.25) is 0 Å². The van der Waals surface area contributed by atoms with Crippen molar-refractivity contribution in [3.63, 3.8) is 0 Å². The lowest BCUT2D eigenvalue weighted by Gasteiger charge is -2.51. The first kappa shape index (κ1) is 13.1. The molecule has 1 saturated carbocycles. The van der Waals surface area contributed by atoms with E-state index in [0.717, 1.165) is 24.6 Å². The van der Waals surface area contributed by atoms with Crippen LogP contribution < -0.4 is 10.1 Å². The summed E-state index contributed by atoms with van der Waals surface area (Å²) in [6.07, 6.45) is 3.11. The molecular formula is C14H22N2O2. The minimum Gasteiger partial charge on any atom is -0.495 e. The number of aromatic nitrogens is 1. The van der Waals surface area contributed by atoms with Crippen molar-refractivity contribution >= 4 is 5.82 Å². The van der Waals surface area contributed by atoms with Gasteiger partial charge in [-0.1, -0.05) is 13.8 Å². The Bertz CT molecular complexity index is 389. The number of pyridine rings is 1. The Balaban J connectivity index is 1.94. The summed E-state index contributed by atoms with van der Waals surface area (Å²) in [6, 6.07) is 4.28. The molecular weight excluding hydrogens is 228 g/mol. The van der Waals surface area contributed by atoms with Gasteiger partial charge < -0.3 is 14.8 Å². The topological polar surface area (TPSA) is 43.4 Å². The Morgan fingerprint density at radius 2 is 2.22 bits per heavy atom. The molecule has 4 heteroatoms. The van der Waals surface area contributed by atoms with Crippen molar-refractivity contribution < 1.29 is 9.47 Å². The number of hydrogen-bond acceptors (Lipinski definition) is 4. The molecule has 0 spiro atoms. The van der Waals surface area contributed by atoms with Crippen LogP contribution in [0.15, 0.2) is 18.3 Å². The van der Waals surface area contributed by atoms with Crippen molar-refractivity contribution in [2.45, 2.75) is 39.3 Å². The van der Waals surface area contributed by atoms with E-state index in [1.165, 1.54) is 0 Å². The summed E-state index contributed by atoms with van der Waals surface area (Å²) in [4.78, 5) is 4.33. The highest BCUT2D eigenvalue weighted by Crippen LogP contribution is 2.44. The van der Waals surface area contributed by atoms with Crippen molar-refractivity contribution in [3.05, 3.63) is 18.3 Å². The number of anilines is 1. The molecule has 1 aromatic rings. The molecule has 4 nitrogen and oxygen atoms in total. The minimum atomic E-state index is 0.150. The fraction of sp³-hybridized carbons (Fsp3) is 0.643. The quantitative estimate of drug-likeness (QED) is 0.872. The van der Waals surface area contributed by atoms with Crippen LogP contribution in [-0.4, -0.2) is 30.8 Å². The zero-order chi connectivity index (χ0) is 13.2. The van der Waals surface area contributed by atoms with Crippen molar-refractivity contribution in [2.24, 2.45) is 5.41 Å². The van der Waals surface area contributed by atoms with Gasteiger partial charge in [0.05, 0.1) is 19.4 Å². The first-order valence-electron chi connectivity index (χ1n) is 6.46. The van der Waals surface area contributed by atoms with E-state index >= 15 is 0 Å². The molecule has 1 heterocycles. The van der Waals surface area contributed by atoms with E-state index in [2.05, 4.69) is 24.1 Å². The maximum Gasteiger partial charge on any atom is 0.137 e. The second-order valence-electron chi connectivity index (χ2n) is 5.28. The molecule has 0 bridgehead atoms. The fourth-order valence-corrected chi connectivity index (χ4v) is 2.38. The minimum absolute atomic E-state index is 0.150. The summed E-state index contributed by atoms with van der Waals surface area (Å²) < 4.78 is 10.8. The van der Waals surface area contributed by atoms with Gasteiger partial charge >= 0.3 is 0 Å². The molecule has 2 rings (SSSR count). The highest BCUT2D eigenvalue weighted by molar-refractivity contribution is 5.40. The average Bonchev–Trinajstić information content (AvgIpc) is 2.38. The third kappa shape index (κ3) is 2.43. The van der Waals surface area contributed by atoms with Crippen molar-refractivity contribution in [2.75, 3.05) is 19.0 Å². The van der Waals surface area contributed by atoms with Crippen LogP contribution in [0.4, 0.5) is 5.82 Å². The molecule has 1 aliphatic rings. The maximum absolute atomic E-state index is 5.72. The van der Waals surface area contributed by atoms with E-state index in [1.807, 2.05) is 19.1 Å². The largest absolute Gasteiger partial charge is 0.495 e. The normalized spacial score (nSPS) is 25.3. The summed E-state index contributed by atoms with van der Waals surface area (Å²) in [7, 11) is 1.64. The van der Waals surface area contributed by atoms with Crippen LogP contribution in [0.5, 0.6) is 5.75 Å². The molecule has 1 aliphatic carbocycles. The van der Waals surface area contributed by atoms with Gasteiger partial charge in [-0.2, -0.15) is 0 Å². The van der Waals surface area contributed by atoms with Gasteiger partial charge in [-0.15, -0.1) is 0 Å². The summed E-state index contributed by atoms with van der Waals surface area (Å²) >= 11 is 0. The zero-order valence-electron chi connectivity index (χ0n) is 11.6. The zero-order valence-corrected chi connectivity index (χ0v) is 11.6.